The smallest absolute Gasteiger partial charge is 0.243 e. The number of nitrogens with one attached hydrogen (secondary N) is 1. The molecule has 0 aliphatic heterocycles. The number of carbonyl (C=O) groups excluding carboxylic acids is 1. The van der Waals surface area contributed by atoms with Crippen molar-refractivity contribution in [3.8, 4) is 0 Å². The van der Waals surface area contributed by atoms with Crippen LogP contribution in [0.1, 0.15) is 0 Å². The summed E-state index contributed by atoms with van der Waals surface area (Å²) in [5.74, 6) is -0.423. The van der Waals surface area contributed by atoms with Crippen LogP contribution in [0.5, 0.6) is 0 Å². The summed E-state index contributed by atoms with van der Waals surface area (Å²) in [6, 6.07) is 21.5. The van der Waals surface area contributed by atoms with E-state index in [2.05, 4.69) is 10.3 Å². The van der Waals surface area contributed by atoms with Gasteiger partial charge in [-0.2, -0.15) is 4.31 Å². The van der Waals surface area contributed by atoms with E-state index in [1.54, 1.807) is 42.6 Å². The lowest BCUT2D eigenvalue weighted by molar-refractivity contribution is -0.116. The molecule has 0 bridgehead atoms. The predicted molar refractivity (Wildman–Crippen MR) is 114 cm³/mol. The molecule has 1 heterocycles. The summed E-state index contributed by atoms with van der Waals surface area (Å²) in [7, 11) is -2.40. The minimum Gasteiger partial charge on any atom is -0.324 e. The third-order valence-electron chi connectivity index (χ3n) is 4.72. The van der Waals surface area contributed by atoms with Crippen LogP contribution in [0.2, 0.25) is 0 Å². The highest BCUT2D eigenvalue weighted by atomic mass is 32.2. The van der Waals surface area contributed by atoms with Crippen molar-refractivity contribution in [2.45, 2.75) is 4.90 Å². The number of benzene rings is 3. The normalized spacial score (nSPS) is 11.8. The molecule has 1 N–H and O–H groups in total. The van der Waals surface area contributed by atoms with E-state index >= 15 is 0 Å². The Morgan fingerprint density at radius 2 is 1.76 bits per heavy atom. The van der Waals surface area contributed by atoms with E-state index in [1.165, 1.54) is 7.05 Å². The number of pyridine rings is 1. The molecule has 0 unspecified atom stereocenters. The van der Waals surface area contributed by atoms with Crippen LogP contribution in [0.4, 0.5) is 5.69 Å². The van der Waals surface area contributed by atoms with Crippen molar-refractivity contribution < 1.29 is 13.2 Å². The largest absolute Gasteiger partial charge is 0.324 e. The number of anilines is 1. The van der Waals surface area contributed by atoms with Crippen LogP contribution >= 0.6 is 0 Å². The Balaban J connectivity index is 1.54. The van der Waals surface area contributed by atoms with Crippen LogP contribution < -0.4 is 5.32 Å². The molecule has 0 aliphatic rings. The van der Waals surface area contributed by atoms with Crippen molar-refractivity contribution in [2.75, 3.05) is 18.9 Å². The molecule has 1 amide bonds. The molecule has 0 radical (unpaired) electrons. The van der Waals surface area contributed by atoms with E-state index in [4.69, 9.17) is 0 Å². The van der Waals surface area contributed by atoms with Crippen molar-refractivity contribution in [1.29, 1.82) is 0 Å². The van der Waals surface area contributed by atoms with Crippen LogP contribution in [0.25, 0.3) is 21.7 Å². The summed E-state index contributed by atoms with van der Waals surface area (Å²) < 4.78 is 26.9. The Bertz CT molecular complexity index is 1310. The van der Waals surface area contributed by atoms with Crippen LogP contribution in [0.15, 0.2) is 83.9 Å². The average Bonchev–Trinajstić information content (AvgIpc) is 2.73. The lowest BCUT2D eigenvalue weighted by Crippen LogP contribution is -2.35. The number of sulfonamides is 1. The number of amides is 1. The van der Waals surface area contributed by atoms with E-state index in [9.17, 15) is 13.2 Å². The van der Waals surface area contributed by atoms with E-state index in [0.717, 1.165) is 26.0 Å². The van der Waals surface area contributed by atoms with Crippen molar-refractivity contribution >= 4 is 43.3 Å². The second-order valence-corrected chi connectivity index (χ2v) is 8.74. The zero-order valence-electron chi connectivity index (χ0n) is 15.7. The van der Waals surface area contributed by atoms with Crippen molar-refractivity contribution in [3.05, 3.63) is 79.0 Å². The van der Waals surface area contributed by atoms with Crippen molar-refractivity contribution in [2.24, 2.45) is 0 Å². The maximum absolute atomic E-state index is 12.9. The lowest BCUT2D eigenvalue weighted by atomic mass is 10.1. The van der Waals surface area contributed by atoms with Crippen LogP contribution in [0.3, 0.4) is 0 Å². The third-order valence-corrected chi connectivity index (χ3v) is 6.51. The minimum atomic E-state index is -3.80. The molecule has 7 heteroatoms. The first-order valence-electron chi connectivity index (χ1n) is 9.04. The van der Waals surface area contributed by atoms with Crippen LogP contribution in [-0.2, 0) is 14.8 Å². The molecule has 3 aromatic carbocycles. The van der Waals surface area contributed by atoms with Gasteiger partial charge >= 0.3 is 0 Å². The number of hydrogen-bond acceptors (Lipinski definition) is 4. The highest BCUT2D eigenvalue weighted by Crippen LogP contribution is 2.23. The number of hydrogen-bond donors (Lipinski definition) is 1. The molecule has 6 nitrogen and oxygen atoms in total. The summed E-state index contributed by atoms with van der Waals surface area (Å²) in [6.45, 7) is -0.300. The van der Waals surface area contributed by atoms with Crippen molar-refractivity contribution in [3.63, 3.8) is 0 Å². The number of carbonyl (C=O) groups is 1. The van der Waals surface area contributed by atoms with Crippen molar-refractivity contribution in [1.82, 2.24) is 9.29 Å². The summed E-state index contributed by atoms with van der Waals surface area (Å²) in [5, 5.41) is 5.36. The Morgan fingerprint density at radius 3 is 2.59 bits per heavy atom. The number of aromatic nitrogens is 1. The first-order valence-corrected chi connectivity index (χ1v) is 10.5. The highest BCUT2D eigenvalue weighted by molar-refractivity contribution is 7.89. The fourth-order valence-corrected chi connectivity index (χ4v) is 4.36. The van der Waals surface area contributed by atoms with Crippen LogP contribution in [-0.4, -0.2) is 37.2 Å². The summed E-state index contributed by atoms with van der Waals surface area (Å²) in [6.07, 6.45) is 1.68. The fraction of sp³-hybridized carbons (Fsp3) is 0.0909. The van der Waals surface area contributed by atoms with Gasteiger partial charge in [0, 0.05) is 18.6 Å². The van der Waals surface area contributed by atoms with E-state index in [-0.39, 0.29) is 11.4 Å². The lowest BCUT2D eigenvalue weighted by Gasteiger charge is -2.17. The fourth-order valence-electron chi connectivity index (χ4n) is 3.20. The molecule has 0 saturated heterocycles. The van der Waals surface area contributed by atoms with Gasteiger partial charge in [-0.3, -0.25) is 9.78 Å². The van der Waals surface area contributed by atoms with Gasteiger partial charge in [0.25, 0.3) is 0 Å². The Hall–Kier alpha value is -3.29. The molecular formula is C22H19N3O3S. The summed E-state index contributed by atoms with van der Waals surface area (Å²) >= 11 is 0. The molecule has 29 heavy (non-hydrogen) atoms. The Kier molecular flexibility index (Phi) is 5.00. The summed E-state index contributed by atoms with van der Waals surface area (Å²) in [4.78, 5) is 16.9. The zero-order valence-corrected chi connectivity index (χ0v) is 16.6. The predicted octanol–water partition coefficient (Wildman–Crippen LogP) is 3.65. The standard InChI is InChI=1S/C22H19N3O3S/c1-25(29(27,28)18-12-11-16-6-2-3-7-17(16)14-18)15-22(26)24-21-10-4-9-20-19(21)8-5-13-23-20/h2-14H,15H2,1H3,(H,24,26). The zero-order chi connectivity index (χ0) is 20.4. The molecular weight excluding hydrogens is 386 g/mol. The molecule has 0 spiro atoms. The Labute approximate surface area is 168 Å². The average molecular weight is 405 g/mol. The van der Waals surface area contributed by atoms with Gasteiger partial charge < -0.3 is 5.32 Å². The molecule has 0 aliphatic carbocycles. The van der Waals surface area contributed by atoms with Gasteiger partial charge in [0.2, 0.25) is 15.9 Å². The number of nitrogens with zero attached hydrogens (tertiary/aromatic N) is 2. The van der Waals surface area contributed by atoms with Gasteiger partial charge in [-0.1, -0.05) is 36.4 Å². The van der Waals surface area contributed by atoms with Gasteiger partial charge in [0.1, 0.15) is 0 Å². The molecule has 1 aromatic heterocycles. The first-order chi connectivity index (χ1) is 13.9. The van der Waals surface area contributed by atoms with Gasteiger partial charge in [-0.05, 0) is 47.2 Å². The topological polar surface area (TPSA) is 79.4 Å². The molecule has 4 rings (SSSR count). The molecule has 4 aromatic rings. The molecule has 0 saturated carbocycles. The second kappa shape index (κ2) is 7.62. The number of likely N-dealkylation sites (N-methyl/N-ethyl adjacent to an activating group) is 1. The second-order valence-electron chi connectivity index (χ2n) is 6.69. The Morgan fingerprint density at radius 1 is 0.966 bits per heavy atom. The SMILES string of the molecule is CN(CC(=O)Nc1cccc2ncccc12)S(=O)(=O)c1ccc2ccccc2c1. The third kappa shape index (κ3) is 3.83. The maximum atomic E-state index is 12.9. The minimum absolute atomic E-state index is 0.154. The van der Waals surface area contributed by atoms with Gasteiger partial charge in [0.15, 0.2) is 0 Å². The van der Waals surface area contributed by atoms with E-state index < -0.39 is 15.9 Å². The molecule has 0 fully saturated rings. The van der Waals surface area contributed by atoms with Gasteiger partial charge in [0.05, 0.1) is 22.6 Å². The van der Waals surface area contributed by atoms with E-state index in [1.807, 2.05) is 36.4 Å². The van der Waals surface area contributed by atoms with E-state index in [0.29, 0.717) is 5.69 Å². The molecule has 0 atom stereocenters. The first kappa shape index (κ1) is 19.0. The maximum Gasteiger partial charge on any atom is 0.243 e. The monoisotopic (exact) mass is 405 g/mol. The highest BCUT2D eigenvalue weighted by Gasteiger charge is 2.23. The van der Waals surface area contributed by atoms with Gasteiger partial charge in [-0.15, -0.1) is 0 Å². The van der Waals surface area contributed by atoms with Gasteiger partial charge in [-0.25, -0.2) is 8.42 Å². The number of fused-ring (bicyclic) bond motifs is 2. The quantitative estimate of drug-likeness (QED) is 0.550. The van der Waals surface area contributed by atoms with Crippen LogP contribution in [0, 0.1) is 0 Å². The molecule has 146 valence electrons. The summed E-state index contributed by atoms with van der Waals surface area (Å²) in [5.41, 5.74) is 1.35. The number of rotatable bonds is 5.